The van der Waals surface area contributed by atoms with Crippen molar-refractivity contribution in [2.75, 3.05) is 18.5 Å². The average Bonchev–Trinajstić information content (AvgIpc) is 2.89. The molecule has 2 aromatic carbocycles. The van der Waals surface area contributed by atoms with Crippen LogP contribution in [0.4, 0.5) is 11.4 Å². The van der Waals surface area contributed by atoms with E-state index in [1.54, 1.807) is 0 Å². The maximum atomic E-state index is 13.2. The molecule has 0 spiro atoms. The van der Waals surface area contributed by atoms with Gasteiger partial charge in [-0.25, -0.2) is 0 Å². The zero-order valence-electron chi connectivity index (χ0n) is 20.5. The first-order valence-electron chi connectivity index (χ1n) is 11.8. The Morgan fingerprint density at radius 1 is 1.08 bits per heavy atom. The molecule has 2 aromatic rings. The van der Waals surface area contributed by atoms with Gasteiger partial charge in [-0.1, -0.05) is 12.1 Å². The molecule has 39 heavy (non-hydrogen) atoms. The Balaban J connectivity index is 1.99. The lowest BCUT2D eigenvalue weighted by Gasteiger charge is -2.24. The maximum absolute atomic E-state index is 13.2. The molecule has 0 unspecified atom stereocenters. The van der Waals surface area contributed by atoms with Crippen LogP contribution in [0.25, 0.3) is 0 Å². The van der Waals surface area contributed by atoms with E-state index in [1.165, 1.54) is 30.3 Å². The van der Waals surface area contributed by atoms with Crippen molar-refractivity contribution < 1.29 is 34.3 Å². The zero-order valence-corrected chi connectivity index (χ0v) is 22.6. The number of phenols is 1. The molecule has 208 valence electrons. The molecule has 1 aliphatic rings. The minimum atomic E-state index is -1.52. The second kappa shape index (κ2) is 13.2. The largest absolute Gasteiger partial charge is 0.508 e. The number of carbonyl (C=O) groups excluding carboxylic acids is 4. The molecule has 4 amide bonds. The van der Waals surface area contributed by atoms with E-state index in [2.05, 4.69) is 21.3 Å². The van der Waals surface area contributed by atoms with Gasteiger partial charge in [-0.05, 0) is 53.1 Å². The van der Waals surface area contributed by atoms with Gasteiger partial charge in [-0.15, -0.1) is 0 Å². The van der Waals surface area contributed by atoms with Crippen molar-refractivity contribution >= 4 is 57.6 Å². The molecule has 8 N–H and O–H groups in total. The highest BCUT2D eigenvalue weighted by molar-refractivity contribution is 14.1. The van der Waals surface area contributed by atoms with Gasteiger partial charge in [0.05, 0.1) is 22.8 Å². The monoisotopic (exact) mass is 654 g/mol. The molecule has 0 radical (unpaired) electrons. The summed E-state index contributed by atoms with van der Waals surface area (Å²) in [6.07, 6.45) is 0.388. The fourth-order valence-corrected chi connectivity index (χ4v) is 4.71. The van der Waals surface area contributed by atoms with Crippen molar-refractivity contribution in [3.05, 3.63) is 61.2 Å². The lowest BCUT2D eigenvalue weighted by Crippen LogP contribution is -2.57. The van der Waals surface area contributed by atoms with Gasteiger partial charge in [0.1, 0.15) is 23.9 Å². The molecule has 1 aliphatic heterocycles. The van der Waals surface area contributed by atoms with Crippen molar-refractivity contribution in [1.29, 1.82) is 0 Å². The summed E-state index contributed by atoms with van der Waals surface area (Å²) in [6, 6.07) is 4.36. The van der Waals surface area contributed by atoms with Crippen LogP contribution in [-0.4, -0.2) is 70.0 Å². The Labute approximate surface area is 236 Å². The van der Waals surface area contributed by atoms with E-state index in [0.717, 1.165) is 6.07 Å². The highest BCUT2D eigenvalue weighted by Crippen LogP contribution is 2.29. The van der Waals surface area contributed by atoms with Crippen LogP contribution in [0.1, 0.15) is 28.8 Å². The van der Waals surface area contributed by atoms with Gasteiger partial charge in [0.25, 0.3) is 11.6 Å². The highest BCUT2D eigenvalue weighted by Gasteiger charge is 2.31. The molecule has 0 saturated carbocycles. The number of hydrogen-bond donors (Lipinski definition) is 7. The van der Waals surface area contributed by atoms with Crippen LogP contribution in [-0.2, 0) is 20.8 Å². The molecule has 3 rings (SSSR count). The van der Waals surface area contributed by atoms with Crippen molar-refractivity contribution in [3.63, 3.8) is 0 Å². The number of nitro groups is 1. The second-order valence-corrected chi connectivity index (χ2v) is 9.94. The Hall–Kier alpha value is -3.99. The minimum Gasteiger partial charge on any atom is -0.508 e. The standard InChI is InChI=1S/C24H27IN6O8/c25-16-10-13(31(38)39)9-15-20(16)27-7-1-2-17(21(26)34)28-23(36)18(8-12-3-5-14(33)6-4-12)29-24(37)19(11-32)30-22(15)35/h3-6,9-10,17-19,27,32-33H,1-2,7-8,11H2,(H2,26,34)(H,28,36)(H,29,37)(H,30,35)/t17-,18-,19-/m0/s1. The summed E-state index contributed by atoms with van der Waals surface area (Å²) in [5.74, 6) is -3.30. The van der Waals surface area contributed by atoms with E-state index < -0.39 is 53.3 Å². The topological polar surface area (TPSA) is 226 Å². The number of carbonyl (C=O) groups is 4. The lowest BCUT2D eigenvalue weighted by atomic mass is 10.0. The summed E-state index contributed by atoms with van der Waals surface area (Å²) in [6.45, 7) is -0.630. The summed E-state index contributed by atoms with van der Waals surface area (Å²) in [4.78, 5) is 62.2. The zero-order chi connectivity index (χ0) is 28.7. The summed E-state index contributed by atoms with van der Waals surface area (Å²) in [5, 5.41) is 41.2. The Morgan fingerprint density at radius 3 is 2.36 bits per heavy atom. The van der Waals surface area contributed by atoms with Crippen LogP contribution >= 0.6 is 22.6 Å². The van der Waals surface area contributed by atoms with E-state index in [0.29, 0.717) is 15.6 Å². The molecule has 0 aromatic heterocycles. The average molecular weight is 654 g/mol. The molecule has 3 atom stereocenters. The van der Waals surface area contributed by atoms with Gasteiger partial charge in [-0.2, -0.15) is 0 Å². The number of nitrogens with zero attached hydrogens (tertiary/aromatic N) is 1. The number of primary amides is 1. The van der Waals surface area contributed by atoms with E-state index in [-0.39, 0.29) is 42.1 Å². The highest BCUT2D eigenvalue weighted by atomic mass is 127. The maximum Gasteiger partial charge on any atom is 0.271 e. The van der Waals surface area contributed by atoms with Crippen LogP contribution < -0.4 is 27.0 Å². The number of aromatic hydroxyl groups is 1. The number of nitro benzene ring substituents is 1. The third-order valence-electron chi connectivity index (χ3n) is 5.98. The molecule has 0 aliphatic carbocycles. The van der Waals surface area contributed by atoms with Crippen molar-refractivity contribution in [2.45, 2.75) is 37.4 Å². The normalized spacial score (nSPS) is 20.7. The quantitative estimate of drug-likeness (QED) is 0.130. The number of halogens is 1. The number of hydrogen-bond acceptors (Lipinski definition) is 9. The van der Waals surface area contributed by atoms with Gasteiger partial charge in [-0.3, -0.25) is 29.3 Å². The molecule has 14 nitrogen and oxygen atoms in total. The van der Waals surface area contributed by atoms with Crippen molar-refractivity contribution in [3.8, 4) is 5.75 Å². The fourth-order valence-electron chi connectivity index (χ4n) is 3.91. The summed E-state index contributed by atoms with van der Waals surface area (Å²) in [7, 11) is 0. The van der Waals surface area contributed by atoms with E-state index in [4.69, 9.17) is 5.73 Å². The number of benzene rings is 2. The van der Waals surface area contributed by atoms with Gasteiger partial charge in [0, 0.05) is 28.7 Å². The van der Waals surface area contributed by atoms with Crippen LogP contribution in [0.3, 0.4) is 0 Å². The van der Waals surface area contributed by atoms with Gasteiger partial charge < -0.3 is 37.2 Å². The van der Waals surface area contributed by atoms with E-state index >= 15 is 0 Å². The second-order valence-electron chi connectivity index (χ2n) is 8.78. The molecule has 15 heteroatoms. The van der Waals surface area contributed by atoms with Gasteiger partial charge in [0.15, 0.2) is 0 Å². The number of phenolic OH excluding ortho intramolecular Hbond substituents is 1. The number of aliphatic hydroxyl groups is 1. The SMILES string of the molecule is NC(=O)[C@@H]1CCCNc2c(I)cc([N+](=O)[O-])cc2C(=O)N[C@@H](CO)C(=O)N[C@@H](Cc2ccc(O)cc2)C(=O)N1. The molecule has 0 fully saturated rings. The molecule has 1 heterocycles. The van der Waals surface area contributed by atoms with Crippen LogP contribution in [0.2, 0.25) is 0 Å². The van der Waals surface area contributed by atoms with Crippen LogP contribution in [0, 0.1) is 13.7 Å². The van der Waals surface area contributed by atoms with Crippen molar-refractivity contribution in [1.82, 2.24) is 16.0 Å². The molecule has 0 bridgehead atoms. The Morgan fingerprint density at radius 2 is 1.74 bits per heavy atom. The molecular weight excluding hydrogens is 627 g/mol. The van der Waals surface area contributed by atoms with Crippen LogP contribution in [0.15, 0.2) is 36.4 Å². The van der Waals surface area contributed by atoms with Crippen LogP contribution in [0.5, 0.6) is 5.75 Å². The summed E-state index contributed by atoms with van der Waals surface area (Å²) < 4.78 is 0.356. The summed E-state index contributed by atoms with van der Waals surface area (Å²) >= 11 is 1.83. The first-order valence-corrected chi connectivity index (χ1v) is 12.9. The summed E-state index contributed by atoms with van der Waals surface area (Å²) in [5.41, 5.74) is 5.84. The number of amides is 4. The number of nitrogens with two attached hydrogens (primary N) is 1. The predicted molar refractivity (Wildman–Crippen MR) is 147 cm³/mol. The number of anilines is 1. The first-order chi connectivity index (χ1) is 18.5. The van der Waals surface area contributed by atoms with E-state index in [9.17, 15) is 39.5 Å². The third-order valence-corrected chi connectivity index (χ3v) is 6.83. The smallest absolute Gasteiger partial charge is 0.271 e. The minimum absolute atomic E-state index is 0.00468. The van der Waals surface area contributed by atoms with Gasteiger partial charge in [0.2, 0.25) is 17.7 Å². The van der Waals surface area contributed by atoms with Crippen molar-refractivity contribution in [2.24, 2.45) is 5.73 Å². The first kappa shape index (κ1) is 29.6. The number of nitrogens with one attached hydrogen (secondary N) is 4. The van der Waals surface area contributed by atoms with E-state index in [1.807, 2.05) is 22.6 Å². The predicted octanol–water partition coefficient (Wildman–Crippen LogP) is -0.101. The lowest BCUT2D eigenvalue weighted by molar-refractivity contribution is -0.384. The Bertz CT molecular complexity index is 1270. The number of rotatable bonds is 5. The Kier molecular flexibility index (Phi) is 10.00. The van der Waals surface area contributed by atoms with Gasteiger partial charge >= 0.3 is 0 Å². The molecule has 0 saturated heterocycles. The molecular formula is C24H27IN6O8. The third kappa shape index (κ3) is 7.76. The fraction of sp³-hybridized carbons (Fsp3) is 0.333. The number of non-ortho nitro benzene ring substituents is 1. The number of aliphatic hydroxyl groups excluding tert-OH is 1. The number of fused-ring (bicyclic) bond motifs is 1.